The van der Waals surface area contributed by atoms with Gasteiger partial charge in [0.2, 0.25) is 0 Å². The van der Waals surface area contributed by atoms with Crippen LogP contribution in [0, 0.1) is 13.8 Å². The van der Waals surface area contributed by atoms with Crippen LogP contribution >= 0.6 is 0 Å². The summed E-state index contributed by atoms with van der Waals surface area (Å²) in [5, 5.41) is 3.11. The number of methoxy groups -OCH3 is 1. The number of aromatic nitrogens is 2. The number of hydrogen-bond donors (Lipinski definition) is 1. The van der Waals surface area contributed by atoms with E-state index in [4.69, 9.17) is 9.15 Å². The molecule has 0 unspecified atom stereocenters. The van der Waals surface area contributed by atoms with Gasteiger partial charge in [-0.3, -0.25) is 9.59 Å². The molecule has 0 bridgehead atoms. The Morgan fingerprint density at radius 1 is 1.17 bits per heavy atom. The molecule has 0 fully saturated rings. The lowest BCUT2D eigenvalue weighted by Gasteiger charge is -2.11. The smallest absolute Gasteiger partial charge is 0.316 e. The number of carbonyl (C=O) groups excluding carboxylic acids is 1. The summed E-state index contributed by atoms with van der Waals surface area (Å²) in [7, 11) is 1.47. The summed E-state index contributed by atoms with van der Waals surface area (Å²) in [6.45, 7) is 3.45. The van der Waals surface area contributed by atoms with Crippen molar-refractivity contribution in [3.8, 4) is 6.01 Å². The molecule has 0 aliphatic rings. The van der Waals surface area contributed by atoms with Gasteiger partial charge in [0.25, 0.3) is 5.91 Å². The van der Waals surface area contributed by atoms with Crippen LogP contribution in [-0.2, 0) is 0 Å². The molecule has 0 aliphatic heterocycles. The van der Waals surface area contributed by atoms with E-state index in [0.29, 0.717) is 28.0 Å². The van der Waals surface area contributed by atoms with Gasteiger partial charge in [0, 0.05) is 6.07 Å². The molecule has 0 spiro atoms. The van der Waals surface area contributed by atoms with E-state index < -0.39 is 5.91 Å². The van der Waals surface area contributed by atoms with Crippen molar-refractivity contribution >= 4 is 22.6 Å². The molecule has 0 saturated heterocycles. The topological polar surface area (TPSA) is 94.3 Å². The van der Waals surface area contributed by atoms with Crippen LogP contribution in [0.5, 0.6) is 6.01 Å². The van der Waals surface area contributed by atoms with Gasteiger partial charge in [-0.1, -0.05) is 12.1 Å². The highest BCUT2D eigenvalue weighted by atomic mass is 16.5. The number of carbonyl (C=O) groups is 1. The fraction of sp³-hybridized carbons (Fsp3) is 0.176. The van der Waals surface area contributed by atoms with E-state index in [0.717, 1.165) is 0 Å². The molecule has 1 aromatic carbocycles. The van der Waals surface area contributed by atoms with E-state index >= 15 is 0 Å². The Morgan fingerprint density at radius 2 is 1.83 bits per heavy atom. The first-order chi connectivity index (χ1) is 11.5. The van der Waals surface area contributed by atoms with E-state index in [2.05, 4.69) is 15.3 Å². The Labute approximate surface area is 137 Å². The highest BCUT2D eigenvalue weighted by Gasteiger charge is 2.16. The summed E-state index contributed by atoms with van der Waals surface area (Å²) in [6.07, 6.45) is 0. The van der Waals surface area contributed by atoms with Crippen LogP contribution < -0.4 is 15.5 Å². The third kappa shape index (κ3) is 2.83. The number of amides is 1. The number of benzene rings is 1. The van der Waals surface area contributed by atoms with E-state index in [1.54, 1.807) is 38.1 Å². The highest BCUT2D eigenvalue weighted by Crippen LogP contribution is 2.20. The summed E-state index contributed by atoms with van der Waals surface area (Å²) in [4.78, 5) is 32.8. The second-order valence-corrected chi connectivity index (χ2v) is 5.18. The minimum atomic E-state index is -0.544. The highest BCUT2D eigenvalue weighted by molar-refractivity contribution is 6.03. The van der Waals surface area contributed by atoms with Crippen molar-refractivity contribution in [2.24, 2.45) is 0 Å². The molecule has 3 aromatic rings. The molecule has 7 heteroatoms. The van der Waals surface area contributed by atoms with Crippen molar-refractivity contribution in [2.75, 3.05) is 12.4 Å². The molecule has 1 N–H and O–H groups in total. The lowest BCUT2D eigenvalue weighted by atomic mass is 10.2. The molecule has 24 heavy (non-hydrogen) atoms. The summed E-state index contributed by atoms with van der Waals surface area (Å²) >= 11 is 0. The van der Waals surface area contributed by atoms with Crippen LogP contribution in [0.3, 0.4) is 0 Å². The number of ether oxygens (including phenoxy) is 1. The first-order valence-corrected chi connectivity index (χ1v) is 7.23. The number of fused-ring (bicyclic) bond motifs is 1. The number of anilines is 1. The zero-order chi connectivity index (χ0) is 17.3. The Bertz CT molecular complexity index is 972. The number of nitrogens with one attached hydrogen (secondary N) is 1. The molecule has 7 nitrogen and oxygen atoms in total. The Balaban J connectivity index is 1.98. The number of para-hydroxylation sites is 1. The maximum Gasteiger partial charge on any atom is 0.316 e. The second-order valence-electron chi connectivity index (χ2n) is 5.18. The van der Waals surface area contributed by atoms with Crippen LogP contribution in [0.2, 0.25) is 0 Å². The van der Waals surface area contributed by atoms with Gasteiger partial charge in [-0.2, -0.15) is 9.97 Å². The number of hydrogen-bond acceptors (Lipinski definition) is 6. The minimum absolute atomic E-state index is 0.0756. The van der Waals surface area contributed by atoms with Crippen LogP contribution in [-0.4, -0.2) is 23.0 Å². The van der Waals surface area contributed by atoms with Crippen molar-refractivity contribution in [1.29, 1.82) is 0 Å². The monoisotopic (exact) mass is 325 g/mol. The fourth-order valence-electron chi connectivity index (χ4n) is 2.35. The van der Waals surface area contributed by atoms with Crippen molar-refractivity contribution in [3.05, 3.63) is 57.7 Å². The molecular weight excluding hydrogens is 310 g/mol. The molecule has 122 valence electrons. The normalized spacial score (nSPS) is 10.6. The number of aryl methyl sites for hydroxylation is 2. The minimum Gasteiger partial charge on any atom is -0.467 e. The molecule has 0 saturated carbocycles. The van der Waals surface area contributed by atoms with Crippen molar-refractivity contribution in [3.63, 3.8) is 0 Å². The lowest BCUT2D eigenvalue weighted by Crippen LogP contribution is -2.17. The van der Waals surface area contributed by atoms with Gasteiger partial charge in [-0.05, 0) is 26.0 Å². The molecule has 1 amide bonds. The van der Waals surface area contributed by atoms with Gasteiger partial charge in [-0.15, -0.1) is 0 Å². The third-order valence-electron chi connectivity index (χ3n) is 3.53. The Hall–Kier alpha value is -3.22. The summed E-state index contributed by atoms with van der Waals surface area (Å²) in [6, 6.07) is 8.15. The van der Waals surface area contributed by atoms with Crippen molar-refractivity contribution in [1.82, 2.24) is 9.97 Å². The molecule has 2 aromatic heterocycles. The molecular formula is C17H15N3O4. The van der Waals surface area contributed by atoms with Crippen LogP contribution in [0.15, 0.2) is 39.5 Å². The van der Waals surface area contributed by atoms with E-state index in [1.807, 2.05) is 0 Å². The maximum atomic E-state index is 12.4. The number of nitrogens with zero attached hydrogens (tertiary/aromatic N) is 2. The maximum absolute atomic E-state index is 12.4. The summed E-state index contributed by atoms with van der Waals surface area (Å²) < 4.78 is 10.5. The van der Waals surface area contributed by atoms with Crippen LogP contribution in [0.4, 0.5) is 5.69 Å². The quantitative estimate of drug-likeness (QED) is 0.795. The van der Waals surface area contributed by atoms with Crippen molar-refractivity contribution < 1.29 is 13.9 Å². The summed E-state index contributed by atoms with van der Waals surface area (Å²) in [5.41, 5.74) is 1.64. The van der Waals surface area contributed by atoms with Crippen LogP contribution in [0.25, 0.3) is 11.0 Å². The fourth-order valence-corrected chi connectivity index (χ4v) is 2.35. The first-order valence-electron chi connectivity index (χ1n) is 7.23. The summed E-state index contributed by atoms with van der Waals surface area (Å²) in [5.74, 6) is -0.619. The van der Waals surface area contributed by atoms with E-state index in [9.17, 15) is 9.59 Å². The van der Waals surface area contributed by atoms with Crippen molar-refractivity contribution in [2.45, 2.75) is 13.8 Å². The van der Waals surface area contributed by atoms with Gasteiger partial charge in [0.1, 0.15) is 5.58 Å². The third-order valence-corrected chi connectivity index (χ3v) is 3.53. The number of rotatable bonds is 3. The SMILES string of the molecule is COc1nc(C)c(NC(=O)c2cc(=O)c3ccccc3o2)c(C)n1. The van der Waals surface area contributed by atoms with Gasteiger partial charge >= 0.3 is 6.01 Å². The standard InChI is InChI=1S/C17H15N3O4/c1-9-15(10(2)19-17(18-9)23-3)20-16(22)14-8-12(21)11-6-4-5-7-13(11)24-14/h4-8H,1-3H3,(H,20,22). The van der Waals surface area contributed by atoms with Gasteiger partial charge in [0.05, 0.1) is 29.6 Å². The molecule has 0 atom stereocenters. The zero-order valence-corrected chi connectivity index (χ0v) is 13.4. The molecule has 2 heterocycles. The van der Waals surface area contributed by atoms with Gasteiger partial charge < -0.3 is 14.5 Å². The second kappa shape index (κ2) is 6.11. The van der Waals surface area contributed by atoms with Gasteiger partial charge in [-0.25, -0.2) is 0 Å². The molecule has 3 rings (SSSR count). The van der Waals surface area contributed by atoms with Crippen LogP contribution in [0.1, 0.15) is 21.9 Å². The van der Waals surface area contributed by atoms with E-state index in [-0.39, 0.29) is 17.2 Å². The Kier molecular flexibility index (Phi) is 3.99. The molecule has 0 radical (unpaired) electrons. The Morgan fingerprint density at radius 3 is 2.50 bits per heavy atom. The lowest BCUT2D eigenvalue weighted by molar-refractivity contribution is 0.0997. The predicted octanol–water partition coefficient (Wildman–Crippen LogP) is 2.46. The largest absolute Gasteiger partial charge is 0.467 e. The predicted molar refractivity (Wildman–Crippen MR) is 88.5 cm³/mol. The average Bonchev–Trinajstić information content (AvgIpc) is 2.57. The van der Waals surface area contributed by atoms with E-state index in [1.165, 1.54) is 13.2 Å². The molecule has 0 aliphatic carbocycles. The zero-order valence-electron chi connectivity index (χ0n) is 13.4. The first kappa shape index (κ1) is 15.7. The van der Waals surface area contributed by atoms with Gasteiger partial charge in [0.15, 0.2) is 11.2 Å². The average molecular weight is 325 g/mol.